The summed E-state index contributed by atoms with van der Waals surface area (Å²) in [5, 5.41) is 2.90. The number of carbonyl (C=O) groups excluding carboxylic acids is 1. The first-order valence-electron chi connectivity index (χ1n) is 11.0. The van der Waals surface area contributed by atoms with Crippen LogP contribution >= 0.6 is 0 Å². The van der Waals surface area contributed by atoms with E-state index < -0.39 is 10.0 Å². The largest absolute Gasteiger partial charge is 0.381 e. The number of benzene rings is 2. The molecule has 0 atom stereocenters. The molecule has 1 N–H and O–H groups in total. The molecule has 0 spiro atoms. The van der Waals surface area contributed by atoms with E-state index in [1.54, 1.807) is 28.6 Å². The number of nitrogens with one attached hydrogen (secondary N) is 1. The standard InChI is InChI=1S/C24H30N2O4S/c27-24(21-12-16-30-17-13-21)25-22-6-8-23(9-7-22)31(28,29)26-14-10-20(11-15-26)18-19-4-2-1-3-5-19/h1-9,20-21H,10-18H2,(H,25,27). The van der Waals surface area contributed by atoms with E-state index in [1.807, 2.05) is 18.2 Å². The summed E-state index contributed by atoms with van der Waals surface area (Å²) in [4.78, 5) is 12.6. The third kappa shape index (κ3) is 5.53. The van der Waals surface area contributed by atoms with Gasteiger partial charge in [0.2, 0.25) is 15.9 Å². The van der Waals surface area contributed by atoms with E-state index >= 15 is 0 Å². The zero-order chi connectivity index (χ0) is 21.7. The van der Waals surface area contributed by atoms with E-state index in [0.29, 0.717) is 37.9 Å². The number of hydrogen-bond donors (Lipinski definition) is 1. The van der Waals surface area contributed by atoms with Gasteiger partial charge in [0.15, 0.2) is 0 Å². The molecule has 4 rings (SSSR count). The minimum Gasteiger partial charge on any atom is -0.381 e. The van der Waals surface area contributed by atoms with E-state index in [1.165, 1.54) is 5.56 Å². The Bertz CT molecular complexity index is 962. The maximum atomic E-state index is 13.1. The fraction of sp³-hybridized carbons (Fsp3) is 0.458. The molecule has 0 saturated carbocycles. The van der Waals surface area contributed by atoms with Crippen LogP contribution in [0.2, 0.25) is 0 Å². The van der Waals surface area contributed by atoms with Gasteiger partial charge in [0.1, 0.15) is 0 Å². The number of rotatable bonds is 6. The topological polar surface area (TPSA) is 75.7 Å². The number of ether oxygens (including phenoxy) is 1. The molecule has 2 aromatic carbocycles. The molecule has 2 fully saturated rings. The van der Waals surface area contributed by atoms with E-state index in [2.05, 4.69) is 17.4 Å². The molecular formula is C24H30N2O4S. The predicted octanol–water partition coefficient (Wildman–Crippen LogP) is 3.70. The Morgan fingerprint density at radius 3 is 2.23 bits per heavy atom. The molecule has 2 saturated heterocycles. The highest BCUT2D eigenvalue weighted by atomic mass is 32.2. The monoisotopic (exact) mass is 442 g/mol. The molecule has 0 aliphatic carbocycles. The molecule has 166 valence electrons. The van der Waals surface area contributed by atoms with Crippen molar-refractivity contribution in [1.82, 2.24) is 4.31 Å². The molecule has 7 heteroatoms. The zero-order valence-corrected chi connectivity index (χ0v) is 18.5. The first-order chi connectivity index (χ1) is 15.0. The summed E-state index contributed by atoms with van der Waals surface area (Å²) in [6, 6.07) is 16.9. The van der Waals surface area contributed by atoms with Gasteiger partial charge in [-0.3, -0.25) is 4.79 Å². The summed E-state index contributed by atoms with van der Waals surface area (Å²) in [7, 11) is -3.52. The summed E-state index contributed by atoms with van der Waals surface area (Å²) in [5.41, 5.74) is 1.93. The second-order valence-electron chi connectivity index (χ2n) is 8.44. The molecular weight excluding hydrogens is 412 g/mol. The molecule has 6 nitrogen and oxygen atoms in total. The van der Waals surface area contributed by atoms with Gasteiger partial charge in [0.25, 0.3) is 0 Å². The van der Waals surface area contributed by atoms with Crippen molar-refractivity contribution in [2.24, 2.45) is 11.8 Å². The Labute approximate surface area is 184 Å². The van der Waals surface area contributed by atoms with Gasteiger partial charge < -0.3 is 10.1 Å². The van der Waals surface area contributed by atoms with Gasteiger partial charge in [-0.2, -0.15) is 4.31 Å². The van der Waals surface area contributed by atoms with Crippen molar-refractivity contribution in [3.05, 3.63) is 60.2 Å². The molecule has 0 bridgehead atoms. The van der Waals surface area contributed by atoms with Crippen LogP contribution in [0.4, 0.5) is 5.69 Å². The number of nitrogens with zero attached hydrogens (tertiary/aromatic N) is 1. The van der Waals surface area contributed by atoms with Crippen LogP contribution in [0.3, 0.4) is 0 Å². The summed E-state index contributed by atoms with van der Waals surface area (Å²) in [6.07, 6.45) is 4.17. The van der Waals surface area contributed by atoms with Crippen molar-refractivity contribution in [2.75, 3.05) is 31.6 Å². The number of sulfonamides is 1. The fourth-order valence-electron chi connectivity index (χ4n) is 4.36. The minimum atomic E-state index is -3.52. The van der Waals surface area contributed by atoms with E-state index in [9.17, 15) is 13.2 Å². The van der Waals surface area contributed by atoms with E-state index in [4.69, 9.17) is 4.74 Å². The van der Waals surface area contributed by atoms with E-state index in [-0.39, 0.29) is 16.7 Å². The van der Waals surface area contributed by atoms with Gasteiger partial charge in [-0.15, -0.1) is 0 Å². The van der Waals surface area contributed by atoms with Crippen LogP contribution in [-0.2, 0) is 26.0 Å². The Balaban J connectivity index is 1.33. The molecule has 0 radical (unpaired) electrons. The highest BCUT2D eigenvalue weighted by Gasteiger charge is 2.29. The molecule has 2 aliphatic rings. The smallest absolute Gasteiger partial charge is 0.243 e. The quantitative estimate of drug-likeness (QED) is 0.740. The lowest BCUT2D eigenvalue weighted by Gasteiger charge is -2.31. The van der Waals surface area contributed by atoms with E-state index in [0.717, 1.165) is 32.1 Å². The average molecular weight is 443 g/mol. The number of amides is 1. The highest BCUT2D eigenvalue weighted by molar-refractivity contribution is 7.89. The number of anilines is 1. The molecule has 0 unspecified atom stereocenters. The molecule has 1 amide bonds. The van der Waals surface area contributed by atoms with Crippen molar-refractivity contribution in [3.63, 3.8) is 0 Å². The van der Waals surface area contributed by atoms with Gasteiger partial charge in [-0.1, -0.05) is 30.3 Å². The fourth-order valence-corrected chi connectivity index (χ4v) is 5.83. The predicted molar refractivity (Wildman–Crippen MR) is 120 cm³/mol. The van der Waals surface area contributed by atoms with Crippen LogP contribution < -0.4 is 5.32 Å². The van der Waals surface area contributed by atoms with Gasteiger partial charge in [-0.05, 0) is 67.9 Å². The van der Waals surface area contributed by atoms with Gasteiger partial charge >= 0.3 is 0 Å². The van der Waals surface area contributed by atoms with Gasteiger partial charge in [-0.25, -0.2) is 8.42 Å². The SMILES string of the molecule is O=C(Nc1ccc(S(=O)(=O)N2CCC(Cc3ccccc3)CC2)cc1)C1CCOCC1. The van der Waals surface area contributed by atoms with Crippen LogP contribution in [0.25, 0.3) is 0 Å². The van der Waals surface area contributed by atoms with Gasteiger partial charge in [0.05, 0.1) is 4.90 Å². The Morgan fingerprint density at radius 2 is 1.58 bits per heavy atom. The highest BCUT2D eigenvalue weighted by Crippen LogP contribution is 2.27. The molecule has 2 aromatic rings. The van der Waals surface area contributed by atoms with Crippen molar-refractivity contribution in [3.8, 4) is 0 Å². The number of hydrogen-bond acceptors (Lipinski definition) is 4. The van der Waals surface area contributed by atoms with Crippen molar-refractivity contribution < 1.29 is 17.9 Å². The minimum absolute atomic E-state index is 0.0283. The van der Waals surface area contributed by atoms with Crippen LogP contribution in [0.15, 0.2) is 59.5 Å². The first-order valence-corrected chi connectivity index (χ1v) is 12.5. The van der Waals surface area contributed by atoms with Gasteiger partial charge in [0, 0.05) is 37.9 Å². The second kappa shape index (κ2) is 9.94. The lowest BCUT2D eigenvalue weighted by Crippen LogP contribution is -2.38. The first kappa shape index (κ1) is 22.0. The Kier molecular flexibility index (Phi) is 7.05. The molecule has 31 heavy (non-hydrogen) atoms. The lowest BCUT2D eigenvalue weighted by molar-refractivity contribution is -0.122. The van der Waals surface area contributed by atoms with Crippen molar-refractivity contribution >= 4 is 21.6 Å². The molecule has 2 heterocycles. The lowest BCUT2D eigenvalue weighted by atomic mass is 9.91. The Hall–Kier alpha value is -2.22. The zero-order valence-electron chi connectivity index (χ0n) is 17.7. The van der Waals surface area contributed by atoms with Crippen LogP contribution in [0, 0.1) is 11.8 Å². The summed E-state index contributed by atoms with van der Waals surface area (Å²) in [6.45, 7) is 2.30. The molecule has 0 aromatic heterocycles. The molecule has 2 aliphatic heterocycles. The summed E-state index contributed by atoms with van der Waals surface area (Å²) >= 11 is 0. The van der Waals surface area contributed by atoms with Crippen LogP contribution in [0.5, 0.6) is 0 Å². The summed E-state index contributed by atoms with van der Waals surface area (Å²) < 4.78 is 33.0. The number of piperidine rings is 1. The average Bonchev–Trinajstić information content (AvgIpc) is 2.81. The summed E-state index contributed by atoms with van der Waals surface area (Å²) in [5.74, 6) is 0.436. The number of carbonyl (C=O) groups is 1. The Morgan fingerprint density at radius 1 is 0.935 bits per heavy atom. The second-order valence-corrected chi connectivity index (χ2v) is 10.4. The maximum Gasteiger partial charge on any atom is 0.243 e. The normalized spacial score (nSPS) is 19.2. The third-order valence-electron chi connectivity index (χ3n) is 6.29. The van der Waals surface area contributed by atoms with Crippen LogP contribution in [-0.4, -0.2) is 44.9 Å². The van der Waals surface area contributed by atoms with Crippen molar-refractivity contribution in [2.45, 2.75) is 37.0 Å². The third-order valence-corrected chi connectivity index (χ3v) is 8.21. The maximum absolute atomic E-state index is 13.1. The van der Waals surface area contributed by atoms with Crippen LogP contribution in [0.1, 0.15) is 31.2 Å². The van der Waals surface area contributed by atoms with Crippen molar-refractivity contribution in [1.29, 1.82) is 0 Å².